The molecule has 2 nitrogen and oxygen atoms in total. The second-order valence-corrected chi connectivity index (χ2v) is 2.24. The minimum atomic E-state index is 0.247. The van der Waals surface area contributed by atoms with Crippen molar-refractivity contribution in [3.05, 3.63) is 0 Å². The summed E-state index contributed by atoms with van der Waals surface area (Å²) in [6, 6.07) is 0. The lowest BCUT2D eigenvalue weighted by Crippen LogP contribution is -2.19. The molecule has 0 amide bonds. The van der Waals surface area contributed by atoms with Crippen molar-refractivity contribution < 1.29 is 5.11 Å². The molecule has 0 aromatic rings. The van der Waals surface area contributed by atoms with E-state index in [0.717, 1.165) is 17.5 Å². The number of aliphatic hydroxyl groups is 1. The molecule has 0 spiro atoms. The largest absolute Gasteiger partial charge is 0.395 e. The summed E-state index contributed by atoms with van der Waals surface area (Å²) in [7, 11) is 0. The van der Waals surface area contributed by atoms with E-state index < -0.39 is 0 Å². The van der Waals surface area contributed by atoms with E-state index in [1.54, 1.807) is 0 Å². The van der Waals surface area contributed by atoms with Gasteiger partial charge >= 0.3 is 0 Å². The molecule has 0 atom stereocenters. The SMILES string of the molecule is OCCNCCI. The van der Waals surface area contributed by atoms with Crippen molar-refractivity contribution in [1.29, 1.82) is 0 Å². The zero-order valence-corrected chi connectivity index (χ0v) is 6.31. The molecule has 3 heteroatoms. The van der Waals surface area contributed by atoms with Crippen LogP contribution in [0.15, 0.2) is 0 Å². The van der Waals surface area contributed by atoms with Crippen LogP contribution < -0.4 is 5.32 Å². The second-order valence-electron chi connectivity index (χ2n) is 1.16. The average molecular weight is 215 g/mol. The normalized spacial score (nSPS) is 9.43. The lowest BCUT2D eigenvalue weighted by atomic mass is 10.6. The van der Waals surface area contributed by atoms with Gasteiger partial charge in [-0.25, -0.2) is 0 Å². The zero-order valence-electron chi connectivity index (χ0n) is 4.15. The number of rotatable bonds is 4. The standard InChI is InChI=1S/C4H10INO/c5-1-2-6-3-4-7/h6-7H,1-4H2. The van der Waals surface area contributed by atoms with Crippen LogP contribution in [0, 0.1) is 0 Å². The molecular formula is C4H10INO. The first kappa shape index (κ1) is 7.65. The van der Waals surface area contributed by atoms with E-state index in [4.69, 9.17) is 5.11 Å². The summed E-state index contributed by atoms with van der Waals surface area (Å²) in [5.41, 5.74) is 0. The summed E-state index contributed by atoms with van der Waals surface area (Å²) in [6.07, 6.45) is 0. The molecule has 0 heterocycles. The molecule has 0 bridgehead atoms. The lowest BCUT2D eigenvalue weighted by Gasteiger charge is -1.94. The van der Waals surface area contributed by atoms with E-state index >= 15 is 0 Å². The first-order valence-electron chi connectivity index (χ1n) is 2.29. The Kier molecular flexibility index (Phi) is 7.27. The number of hydrogen-bond acceptors (Lipinski definition) is 2. The van der Waals surface area contributed by atoms with Crippen LogP contribution in [-0.2, 0) is 0 Å². The van der Waals surface area contributed by atoms with Crippen molar-refractivity contribution in [2.75, 3.05) is 24.1 Å². The molecule has 0 fully saturated rings. The predicted octanol–water partition coefficient (Wildman–Crippen LogP) is 0.00330. The fraction of sp³-hybridized carbons (Fsp3) is 1.00. The average Bonchev–Trinajstić information content (AvgIpc) is 1.69. The van der Waals surface area contributed by atoms with Crippen molar-refractivity contribution in [3.63, 3.8) is 0 Å². The first-order chi connectivity index (χ1) is 3.41. The third-order valence-electron chi connectivity index (χ3n) is 0.560. The van der Waals surface area contributed by atoms with Crippen molar-refractivity contribution in [3.8, 4) is 0 Å². The van der Waals surface area contributed by atoms with Gasteiger partial charge in [-0.2, -0.15) is 0 Å². The summed E-state index contributed by atoms with van der Waals surface area (Å²) in [6.45, 7) is 1.97. The monoisotopic (exact) mass is 215 g/mol. The summed E-state index contributed by atoms with van der Waals surface area (Å²) < 4.78 is 1.11. The highest BCUT2D eigenvalue weighted by Gasteiger charge is 1.78. The minimum absolute atomic E-state index is 0.247. The molecule has 0 aliphatic heterocycles. The molecule has 44 valence electrons. The van der Waals surface area contributed by atoms with Gasteiger partial charge in [-0.15, -0.1) is 0 Å². The molecule has 7 heavy (non-hydrogen) atoms. The summed E-state index contributed by atoms with van der Waals surface area (Å²) in [5.74, 6) is 0. The molecule has 0 aromatic carbocycles. The highest BCUT2D eigenvalue weighted by atomic mass is 127. The lowest BCUT2D eigenvalue weighted by molar-refractivity contribution is 0.294. The van der Waals surface area contributed by atoms with Gasteiger partial charge in [0.05, 0.1) is 6.61 Å². The Bertz CT molecular complexity index is 30.9. The Morgan fingerprint density at radius 1 is 1.43 bits per heavy atom. The third-order valence-corrected chi connectivity index (χ3v) is 1.10. The maximum absolute atomic E-state index is 8.23. The van der Waals surface area contributed by atoms with Crippen molar-refractivity contribution >= 4 is 22.6 Å². The van der Waals surface area contributed by atoms with Crippen LogP contribution in [0.1, 0.15) is 0 Å². The van der Waals surface area contributed by atoms with Crippen LogP contribution >= 0.6 is 22.6 Å². The van der Waals surface area contributed by atoms with E-state index in [1.165, 1.54) is 0 Å². The molecule has 0 saturated carbocycles. The Balaban J connectivity index is 2.45. The number of aliphatic hydroxyl groups excluding tert-OH is 1. The van der Waals surface area contributed by atoms with E-state index in [9.17, 15) is 0 Å². The van der Waals surface area contributed by atoms with Gasteiger partial charge in [-0.05, 0) is 0 Å². The van der Waals surface area contributed by atoms with E-state index in [-0.39, 0.29) is 6.61 Å². The molecule has 0 aromatic heterocycles. The molecule has 0 rings (SSSR count). The van der Waals surface area contributed by atoms with Crippen LogP contribution in [0.5, 0.6) is 0 Å². The van der Waals surface area contributed by atoms with Gasteiger partial charge in [0.15, 0.2) is 0 Å². The number of hydrogen-bond donors (Lipinski definition) is 2. The fourth-order valence-electron chi connectivity index (χ4n) is 0.271. The summed E-state index contributed by atoms with van der Waals surface area (Å²) in [4.78, 5) is 0. The quantitative estimate of drug-likeness (QED) is 0.393. The molecule has 0 radical (unpaired) electrons. The number of halogens is 1. The fourth-order valence-corrected chi connectivity index (χ4v) is 0.652. The molecule has 0 saturated heterocycles. The second kappa shape index (κ2) is 6.65. The van der Waals surface area contributed by atoms with Crippen LogP contribution in [0.2, 0.25) is 0 Å². The van der Waals surface area contributed by atoms with E-state index in [0.29, 0.717) is 0 Å². The number of nitrogens with one attached hydrogen (secondary N) is 1. The molecular weight excluding hydrogens is 205 g/mol. The topological polar surface area (TPSA) is 32.3 Å². The van der Waals surface area contributed by atoms with Crippen LogP contribution in [0.4, 0.5) is 0 Å². The van der Waals surface area contributed by atoms with Crippen LogP contribution in [0.3, 0.4) is 0 Å². The predicted molar refractivity (Wildman–Crippen MR) is 38.8 cm³/mol. The van der Waals surface area contributed by atoms with E-state index in [1.807, 2.05) is 0 Å². The smallest absolute Gasteiger partial charge is 0.0555 e. The van der Waals surface area contributed by atoms with Crippen LogP contribution in [0.25, 0.3) is 0 Å². The molecule has 0 unspecified atom stereocenters. The Morgan fingerprint density at radius 3 is 2.57 bits per heavy atom. The van der Waals surface area contributed by atoms with Gasteiger partial charge in [0.2, 0.25) is 0 Å². The van der Waals surface area contributed by atoms with Gasteiger partial charge in [0.1, 0.15) is 0 Å². The summed E-state index contributed by atoms with van der Waals surface area (Å²) in [5, 5.41) is 11.3. The Morgan fingerprint density at radius 2 is 2.14 bits per heavy atom. The third kappa shape index (κ3) is 6.65. The Labute approximate surface area is 57.4 Å². The maximum Gasteiger partial charge on any atom is 0.0555 e. The van der Waals surface area contributed by atoms with Crippen molar-refractivity contribution in [2.45, 2.75) is 0 Å². The van der Waals surface area contributed by atoms with Gasteiger partial charge in [0, 0.05) is 17.5 Å². The van der Waals surface area contributed by atoms with Gasteiger partial charge in [-0.3, -0.25) is 0 Å². The minimum Gasteiger partial charge on any atom is -0.395 e. The van der Waals surface area contributed by atoms with E-state index in [2.05, 4.69) is 27.9 Å². The summed E-state index contributed by atoms with van der Waals surface area (Å²) >= 11 is 2.28. The highest BCUT2D eigenvalue weighted by molar-refractivity contribution is 14.1. The van der Waals surface area contributed by atoms with Gasteiger partial charge < -0.3 is 10.4 Å². The van der Waals surface area contributed by atoms with Crippen LogP contribution in [-0.4, -0.2) is 29.2 Å². The molecule has 0 aliphatic carbocycles. The molecule has 2 N–H and O–H groups in total. The molecule has 0 aliphatic rings. The Hall–Kier alpha value is 0.650. The van der Waals surface area contributed by atoms with Crippen molar-refractivity contribution in [2.24, 2.45) is 0 Å². The highest BCUT2D eigenvalue weighted by Crippen LogP contribution is 1.73. The van der Waals surface area contributed by atoms with Gasteiger partial charge in [-0.1, -0.05) is 22.6 Å². The number of alkyl halides is 1. The van der Waals surface area contributed by atoms with Gasteiger partial charge in [0.25, 0.3) is 0 Å². The zero-order chi connectivity index (χ0) is 5.54. The maximum atomic E-state index is 8.23. The first-order valence-corrected chi connectivity index (χ1v) is 3.82. The van der Waals surface area contributed by atoms with Crippen molar-refractivity contribution in [1.82, 2.24) is 5.32 Å².